The van der Waals surface area contributed by atoms with Gasteiger partial charge in [-0.3, -0.25) is 14.4 Å². The smallest absolute Gasteiger partial charge is 0.272 e. The van der Waals surface area contributed by atoms with E-state index in [9.17, 15) is 24.6 Å². The number of benzene rings is 9. The van der Waals surface area contributed by atoms with Crippen molar-refractivity contribution in [2.45, 2.75) is 18.3 Å². The molecule has 3 aromatic heterocycles. The summed E-state index contributed by atoms with van der Waals surface area (Å²) >= 11 is 0. The van der Waals surface area contributed by atoms with Crippen molar-refractivity contribution in [2.75, 3.05) is 43.2 Å². The second-order valence-electron chi connectivity index (χ2n) is 19.0. The molecule has 13 rings (SSSR count). The molecular weight excluding hydrogens is 1040 g/mol. The van der Waals surface area contributed by atoms with Gasteiger partial charge in [-0.05, 0) is 71.3 Å². The summed E-state index contributed by atoms with van der Waals surface area (Å²) in [6.45, 7) is 1.75. The van der Waals surface area contributed by atoms with Crippen LogP contribution in [0.15, 0.2) is 251 Å². The third-order valence-electron chi connectivity index (χ3n) is 13.5. The van der Waals surface area contributed by atoms with Gasteiger partial charge in [0.2, 0.25) is 0 Å². The van der Waals surface area contributed by atoms with Crippen molar-refractivity contribution in [1.29, 1.82) is 0 Å². The minimum Gasteiger partial charge on any atom is -0.400 e. The number of anilines is 3. The number of H-pyrrole nitrogens is 3. The van der Waals surface area contributed by atoms with E-state index in [1.165, 1.54) is 5.56 Å². The molecule has 0 saturated carbocycles. The summed E-state index contributed by atoms with van der Waals surface area (Å²) in [6.07, 6.45) is -0.738. The van der Waals surface area contributed by atoms with E-state index in [-0.39, 0.29) is 16.7 Å². The minimum absolute atomic E-state index is 0.176. The standard InChI is InChI=1S/2C22H19N3O2.C14H11N3O.C8H8O.CH4O/c2*26-20(15-6-2-1-3-7-15)14-23-17-12-10-16(11-13-17)21-18-8-4-5-9-19(18)22(27)25-24-21;15-10-7-5-9(6-8-10)13-11-3-1-2-4-12(11)14(18)17-16-13;1-2-4-7(5-3-1)8-6-9-8;1-2/h2*1-13,20,23,26H,14H2,(H,25,27);1-8H,15H2,(H,17,18);1-5,8H,6H2;2H,1H3. The highest BCUT2D eigenvalue weighted by atomic mass is 16.6. The maximum atomic E-state index is 11.9. The summed E-state index contributed by atoms with van der Waals surface area (Å²) in [5.41, 5.74) is 15.7. The predicted octanol–water partition coefficient (Wildman–Crippen LogP) is 11.0. The Balaban J connectivity index is 0.000000139. The number of aromatic nitrogens is 6. The molecular formula is C67H61N9O7. The van der Waals surface area contributed by atoms with Gasteiger partial charge in [-0.2, -0.15) is 15.3 Å². The number of nitrogens with one attached hydrogen (secondary N) is 5. The zero-order valence-electron chi connectivity index (χ0n) is 45.3. The van der Waals surface area contributed by atoms with Crippen molar-refractivity contribution in [3.05, 3.63) is 284 Å². The molecule has 0 bridgehead atoms. The highest BCUT2D eigenvalue weighted by Crippen LogP contribution is 2.30. The molecule has 1 aliphatic rings. The van der Waals surface area contributed by atoms with Crippen LogP contribution in [0.5, 0.6) is 0 Å². The van der Waals surface area contributed by atoms with Crippen molar-refractivity contribution in [3.8, 4) is 33.8 Å². The van der Waals surface area contributed by atoms with Crippen LogP contribution in [0.2, 0.25) is 0 Å². The van der Waals surface area contributed by atoms with Crippen molar-refractivity contribution >= 4 is 49.4 Å². The molecule has 4 heterocycles. The van der Waals surface area contributed by atoms with Crippen LogP contribution >= 0.6 is 0 Å². The van der Waals surface area contributed by atoms with Crippen LogP contribution in [0, 0.1) is 0 Å². The Morgan fingerprint density at radius 3 is 1.05 bits per heavy atom. The molecule has 0 spiro atoms. The number of aliphatic hydroxyl groups excluding tert-OH is 3. The molecule has 3 unspecified atom stereocenters. The highest BCUT2D eigenvalue weighted by Gasteiger charge is 2.23. The van der Waals surface area contributed by atoms with Gasteiger partial charge in [-0.25, -0.2) is 15.3 Å². The Bertz CT molecular complexity index is 4000. The van der Waals surface area contributed by atoms with Crippen LogP contribution < -0.4 is 33.0 Å². The van der Waals surface area contributed by atoms with Crippen LogP contribution in [-0.4, -0.2) is 72.7 Å². The average molecular weight is 1100 g/mol. The molecule has 12 aromatic rings. The summed E-state index contributed by atoms with van der Waals surface area (Å²) < 4.78 is 5.09. The van der Waals surface area contributed by atoms with Gasteiger partial charge in [0, 0.05) is 70.1 Å². The van der Waals surface area contributed by atoms with E-state index in [0.717, 1.165) is 86.1 Å². The molecule has 416 valence electrons. The van der Waals surface area contributed by atoms with Crippen LogP contribution in [0.4, 0.5) is 17.1 Å². The van der Waals surface area contributed by atoms with Gasteiger partial charge in [0.15, 0.2) is 0 Å². The number of ether oxygens (including phenoxy) is 1. The van der Waals surface area contributed by atoms with Gasteiger partial charge >= 0.3 is 0 Å². The maximum Gasteiger partial charge on any atom is 0.272 e. The average Bonchev–Trinajstić information content (AvgIpc) is 4.58. The van der Waals surface area contributed by atoms with Crippen LogP contribution in [0.25, 0.3) is 66.1 Å². The molecule has 3 atom stereocenters. The van der Waals surface area contributed by atoms with Crippen molar-refractivity contribution in [3.63, 3.8) is 0 Å². The Morgan fingerprint density at radius 2 is 0.723 bits per heavy atom. The number of nitrogens with two attached hydrogens (primary N) is 1. The quantitative estimate of drug-likeness (QED) is 0.0408. The Kier molecular flexibility index (Phi) is 19.5. The van der Waals surface area contributed by atoms with Gasteiger partial charge in [0.05, 0.1) is 52.1 Å². The third kappa shape index (κ3) is 14.9. The van der Waals surface area contributed by atoms with E-state index in [4.69, 9.17) is 15.6 Å². The van der Waals surface area contributed by atoms with E-state index >= 15 is 0 Å². The molecule has 1 saturated heterocycles. The van der Waals surface area contributed by atoms with E-state index in [0.29, 0.717) is 41.0 Å². The number of fused-ring (bicyclic) bond motifs is 3. The number of aromatic amines is 3. The molecule has 9 aromatic carbocycles. The summed E-state index contributed by atoms with van der Waals surface area (Å²) in [4.78, 5) is 35.5. The first kappa shape index (κ1) is 57.3. The van der Waals surface area contributed by atoms with Crippen molar-refractivity contribution < 1.29 is 20.1 Å². The number of rotatable bonds is 12. The first-order valence-corrected chi connectivity index (χ1v) is 26.7. The first-order chi connectivity index (χ1) is 40.7. The number of nitrogen functional groups attached to an aromatic ring is 1. The predicted molar refractivity (Wildman–Crippen MR) is 331 cm³/mol. The fourth-order valence-electron chi connectivity index (χ4n) is 9.06. The van der Waals surface area contributed by atoms with Gasteiger partial charge in [0.25, 0.3) is 16.7 Å². The Hall–Kier alpha value is -10.4. The third-order valence-corrected chi connectivity index (χ3v) is 13.5. The largest absolute Gasteiger partial charge is 0.400 e. The van der Waals surface area contributed by atoms with Crippen LogP contribution in [-0.2, 0) is 4.74 Å². The SMILES string of the molecule is CO.Nc1ccc(-c2n[nH]c(=O)c3ccccc23)cc1.O=c1[nH]nc(-c2ccc(NCC(O)c3ccccc3)cc2)c2ccccc12.O=c1[nH]nc(-c2ccc(NCC(O)c3ccccc3)cc2)c2ccccc12.c1ccc(C2CO2)cc1. The number of epoxide rings is 1. The molecule has 1 fully saturated rings. The molecule has 16 nitrogen and oxygen atoms in total. The highest BCUT2D eigenvalue weighted by molar-refractivity contribution is 5.95. The first-order valence-electron chi connectivity index (χ1n) is 26.7. The zero-order valence-corrected chi connectivity index (χ0v) is 45.3. The van der Waals surface area contributed by atoms with E-state index in [1.54, 1.807) is 18.2 Å². The number of hydrogen-bond acceptors (Lipinski definition) is 13. The van der Waals surface area contributed by atoms with E-state index in [1.807, 2.05) is 206 Å². The summed E-state index contributed by atoms with van der Waals surface area (Å²) in [7, 11) is 1.00. The Morgan fingerprint density at radius 1 is 0.434 bits per heavy atom. The lowest BCUT2D eigenvalue weighted by molar-refractivity contribution is 0.191. The van der Waals surface area contributed by atoms with E-state index in [2.05, 4.69) is 53.4 Å². The van der Waals surface area contributed by atoms with Crippen LogP contribution in [0.3, 0.4) is 0 Å². The molecule has 10 N–H and O–H groups in total. The van der Waals surface area contributed by atoms with Crippen molar-refractivity contribution in [1.82, 2.24) is 30.6 Å². The van der Waals surface area contributed by atoms with Gasteiger partial charge < -0.3 is 36.4 Å². The topological polar surface area (TPSA) is 261 Å². The fraction of sp³-hybridized carbons (Fsp3) is 0.104. The number of aliphatic hydroxyl groups is 3. The maximum absolute atomic E-state index is 11.9. The number of hydrogen-bond donors (Lipinski definition) is 9. The molecule has 0 aliphatic carbocycles. The lowest BCUT2D eigenvalue weighted by Gasteiger charge is -2.13. The van der Waals surface area contributed by atoms with E-state index < -0.39 is 12.2 Å². The van der Waals surface area contributed by atoms with Gasteiger partial charge in [0.1, 0.15) is 6.10 Å². The minimum atomic E-state index is -0.573. The summed E-state index contributed by atoms with van der Waals surface area (Å²) in [5.74, 6) is 0. The Labute approximate surface area is 477 Å². The lowest BCUT2D eigenvalue weighted by Crippen LogP contribution is -2.12. The summed E-state index contributed by atoms with van der Waals surface area (Å²) in [5, 5.41) is 58.6. The summed E-state index contributed by atoms with van der Waals surface area (Å²) in [6, 6.07) is 74.6. The molecule has 0 amide bonds. The monoisotopic (exact) mass is 1100 g/mol. The second-order valence-corrected chi connectivity index (χ2v) is 19.0. The lowest BCUT2D eigenvalue weighted by atomic mass is 10.0. The van der Waals surface area contributed by atoms with Crippen molar-refractivity contribution in [2.24, 2.45) is 0 Å². The van der Waals surface area contributed by atoms with Gasteiger partial charge in [-0.15, -0.1) is 0 Å². The molecule has 1 aliphatic heterocycles. The fourth-order valence-corrected chi connectivity index (χ4v) is 9.06. The molecule has 83 heavy (non-hydrogen) atoms. The molecule has 16 heteroatoms. The van der Waals surface area contributed by atoms with Crippen LogP contribution in [0.1, 0.15) is 35.0 Å². The number of nitrogens with zero attached hydrogens (tertiary/aromatic N) is 3. The van der Waals surface area contributed by atoms with Gasteiger partial charge in [-0.1, -0.05) is 182 Å². The molecule has 0 radical (unpaired) electrons. The second kappa shape index (κ2) is 28.2. The zero-order chi connectivity index (χ0) is 57.9. The normalized spacial score (nSPS) is 12.8.